The van der Waals surface area contributed by atoms with Gasteiger partial charge < -0.3 is 9.73 Å². The molecule has 3 heteroatoms. The fourth-order valence-electron chi connectivity index (χ4n) is 1.22. The van der Waals surface area contributed by atoms with Gasteiger partial charge in [-0.15, -0.1) is 0 Å². The van der Waals surface area contributed by atoms with Crippen molar-refractivity contribution in [2.45, 2.75) is 0 Å². The summed E-state index contributed by atoms with van der Waals surface area (Å²) >= 11 is 5.94. The maximum Gasteiger partial charge on any atom is 0.158 e. The number of furan rings is 1. The number of nitrogens with one attached hydrogen (secondary N) is 1. The second-order valence-corrected chi connectivity index (χ2v) is 2.92. The smallest absolute Gasteiger partial charge is 0.158 e. The van der Waals surface area contributed by atoms with Gasteiger partial charge in [0.25, 0.3) is 0 Å². The molecule has 12 heavy (non-hydrogen) atoms. The highest BCUT2D eigenvalue weighted by molar-refractivity contribution is 6.35. The Balaban J connectivity index is 2.82. The summed E-state index contributed by atoms with van der Waals surface area (Å²) in [5.41, 5.74) is 1.77. The Labute approximate surface area is 75.1 Å². The van der Waals surface area contributed by atoms with Gasteiger partial charge in [0.1, 0.15) is 0 Å². The van der Waals surface area contributed by atoms with E-state index in [1.54, 1.807) is 6.26 Å². The predicted octanol–water partition coefficient (Wildman–Crippen LogP) is 3.13. The molecule has 0 saturated carbocycles. The molecular weight excluding hydrogens is 174 g/mol. The molecule has 0 aliphatic carbocycles. The minimum atomic E-state index is 0.720. The molecule has 0 fully saturated rings. The van der Waals surface area contributed by atoms with E-state index in [1.165, 1.54) is 0 Å². The second-order valence-electron chi connectivity index (χ2n) is 2.51. The number of halogens is 1. The fourth-order valence-corrected chi connectivity index (χ4v) is 1.44. The van der Waals surface area contributed by atoms with Crippen LogP contribution >= 0.6 is 11.6 Å². The third kappa shape index (κ3) is 0.959. The summed E-state index contributed by atoms with van der Waals surface area (Å²) in [7, 11) is 1.85. The number of rotatable bonds is 1. The van der Waals surface area contributed by atoms with E-state index < -0.39 is 0 Å². The summed E-state index contributed by atoms with van der Waals surface area (Å²) in [6.45, 7) is 0. The number of hydrogen-bond donors (Lipinski definition) is 1. The lowest BCUT2D eigenvalue weighted by atomic mass is 10.2. The van der Waals surface area contributed by atoms with Gasteiger partial charge in [0.2, 0.25) is 0 Å². The maximum absolute atomic E-state index is 5.94. The Bertz CT molecular complexity index is 408. The van der Waals surface area contributed by atoms with E-state index in [4.69, 9.17) is 16.0 Å². The zero-order chi connectivity index (χ0) is 8.55. The minimum Gasteiger partial charge on any atom is -0.462 e. The zero-order valence-corrected chi connectivity index (χ0v) is 7.35. The minimum absolute atomic E-state index is 0.720. The van der Waals surface area contributed by atoms with Crippen molar-refractivity contribution in [3.8, 4) is 0 Å². The molecule has 0 saturated heterocycles. The van der Waals surface area contributed by atoms with Gasteiger partial charge in [0, 0.05) is 12.4 Å². The van der Waals surface area contributed by atoms with Crippen LogP contribution in [-0.4, -0.2) is 7.05 Å². The number of benzene rings is 1. The van der Waals surface area contributed by atoms with Crippen molar-refractivity contribution in [2.24, 2.45) is 0 Å². The van der Waals surface area contributed by atoms with E-state index in [0.29, 0.717) is 0 Å². The van der Waals surface area contributed by atoms with Crippen molar-refractivity contribution in [3.63, 3.8) is 0 Å². The quantitative estimate of drug-likeness (QED) is 0.731. The molecule has 2 rings (SSSR count). The summed E-state index contributed by atoms with van der Waals surface area (Å²) < 4.78 is 5.27. The van der Waals surface area contributed by atoms with Crippen molar-refractivity contribution in [1.82, 2.24) is 0 Å². The van der Waals surface area contributed by atoms with Crippen LogP contribution in [0.5, 0.6) is 0 Å². The van der Waals surface area contributed by atoms with Crippen molar-refractivity contribution in [3.05, 3.63) is 29.5 Å². The van der Waals surface area contributed by atoms with Gasteiger partial charge >= 0.3 is 0 Å². The molecule has 0 aliphatic heterocycles. The first-order valence-electron chi connectivity index (χ1n) is 3.66. The topological polar surface area (TPSA) is 25.2 Å². The molecule has 0 atom stereocenters. The van der Waals surface area contributed by atoms with Gasteiger partial charge in [-0.25, -0.2) is 0 Å². The van der Waals surface area contributed by atoms with E-state index in [9.17, 15) is 0 Å². The third-order valence-electron chi connectivity index (χ3n) is 1.83. The summed E-state index contributed by atoms with van der Waals surface area (Å²) in [4.78, 5) is 0. The van der Waals surface area contributed by atoms with Crippen molar-refractivity contribution in [1.29, 1.82) is 0 Å². The van der Waals surface area contributed by atoms with E-state index in [0.717, 1.165) is 21.7 Å². The molecule has 1 aromatic carbocycles. The predicted molar refractivity (Wildman–Crippen MR) is 50.8 cm³/mol. The average molecular weight is 182 g/mol. The van der Waals surface area contributed by atoms with Gasteiger partial charge in [-0.05, 0) is 18.2 Å². The Morgan fingerprint density at radius 3 is 2.92 bits per heavy atom. The van der Waals surface area contributed by atoms with Crippen LogP contribution in [-0.2, 0) is 0 Å². The molecule has 1 N–H and O–H groups in total. The van der Waals surface area contributed by atoms with Gasteiger partial charge in [-0.3, -0.25) is 0 Å². The van der Waals surface area contributed by atoms with Crippen LogP contribution in [0.4, 0.5) is 5.69 Å². The zero-order valence-electron chi connectivity index (χ0n) is 6.60. The highest BCUT2D eigenvalue weighted by Gasteiger charge is 2.05. The van der Waals surface area contributed by atoms with E-state index in [1.807, 2.05) is 25.2 Å². The van der Waals surface area contributed by atoms with Crippen molar-refractivity contribution < 1.29 is 4.42 Å². The largest absolute Gasteiger partial charge is 0.462 e. The molecule has 0 spiro atoms. The van der Waals surface area contributed by atoms with Crippen LogP contribution in [0.3, 0.4) is 0 Å². The molecule has 1 aromatic heterocycles. The molecule has 0 radical (unpaired) electrons. The molecule has 0 bridgehead atoms. The molecular formula is C9H8ClNO. The molecule has 0 unspecified atom stereocenters. The third-order valence-corrected chi connectivity index (χ3v) is 2.16. The molecule has 62 valence electrons. The fraction of sp³-hybridized carbons (Fsp3) is 0.111. The molecule has 0 amide bonds. The summed E-state index contributed by atoms with van der Waals surface area (Å²) in [6, 6.07) is 5.61. The van der Waals surface area contributed by atoms with Crippen molar-refractivity contribution >= 4 is 28.3 Å². The Morgan fingerprint density at radius 2 is 2.17 bits per heavy atom. The number of hydrogen-bond acceptors (Lipinski definition) is 2. The number of fused-ring (bicyclic) bond motifs is 1. The Morgan fingerprint density at radius 1 is 1.33 bits per heavy atom. The maximum atomic E-state index is 5.94. The first-order chi connectivity index (χ1) is 5.83. The SMILES string of the molecule is CNc1ccc(Cl)c2ccoc12. The first kappa shape index (κ1) is 7.50. The molecule has 1 heterocycles. The van der Waals surface area contributed by atoms with Gasteiger partial charge in [-0.1, -0.05) is 11.6 Å². The van der Waals surface area contributed by atoms with Crippen LogP contribution < -0.4 is 5.32 Å². The van der Waals surface area contributed by atoms with Crippen molar-refractivity contribution in [2.75, 3.05) is 12.4 Å². The number of anilines is 1. The van der Waals surface area contributed by atoms with Gasteiger partial charge in [0.15, 0.2) is 5.58 Å². The van der Waals surface area contributed by atoms with E-state index in [-0.39, 0.29) is 0 Å². The van der Waals surface area contributed by atoms with Crippen LogP contribution in [0, 0.1) is 0 Å². The van der Waals surface area contributed by atoms with Crippen LogP contribution in [0.25, 0.3) is 11.0 Å². The Hall–Kier alpha value is -1.15. The molecule has 0 aliphatic rings. The summed E-state index contributed by atoms with van der Waals surface area (Å²) in [5.74, 6) is 0. The van der Waals surface area contributed by atoms with Crippen LogP contribution in [0.2, 0.25) is 5.02 Å². The van der Waals surface area contributed by atoms with Gasteiger partial charge in [0.05, 0.1) is 17.0 Å². The first-order valence-corrected chi connectivity index (χ1v) is 4.04. The second kappa shape index (κ2) is 2.72. The van der Waals surface area contributed by atoms with Gasteiger partial charge in [-0.2, -0.15) is 0 Å². The lowest BCUT2D eigenvalue weighted by Crippen LogP contribution is -1.87. The van der Waals surface area contributed by atoms with E-state index >= 15 is 0 Å². The monoisotopic (exact) mass is 181 g/mol. The lowest BCUT2D eigenvalue weighted by Gasteiger charge is -2.00. The normalized spacial score (nSPS) is 10.5. The van der Waals surface area contributed by atoms with E-state index in [2.05, 4.69) is 5.32 Å². The van der Waals surface area contributed by atoms with Crippen LogP contribution in [0.15, 0.2) is 28.9 Å². The highest BCUT2D eigenvalue weighted by atomic mass is 35.5. The molecule has 2 nitrogen and oxygen atoms in total. The summed E-state index contributed by atoms with van der Waals surface area (Å²) in [5, 5.41) is 4.70. The summed E-state index contributed by atoms with van der Waals surface area (Å²) in [6.07, 6.45) is 1.64. The highest BCUT2D eigenvalue weighted by Crippen LogP contribution is 2.30. The molecule has 2 aromatic rings. The standard InChI is InChI=1S/C9H8ClNO/c1-11-8-3-2-7(10)6-4-5-12-9(6)8/h2-5,11H,1H3. The average Bonchev–Trinajstić information content (AvgIpc) is 2.54. The lowest BCUT2D eigenvalue weighted by molar-refractivity contribution is 0.617. The Kier molecular flexibility index (Phi) is 1.70. The van der Waals surface area contributed by atoms with Crippen LogP contribution in [0.1, 0.15) is 0 Å².